The van der Waals surface area contributed by atoms with Crippen LogP contribution in [0.2, 0.25) is 0 Å². The Balaban J connectivity index is 1.68. The summed E-state index contributed by atoms with van der Waals surface area (Å²) in [5.41, 5.74) is 0. The van der Waals surface area contributed by atoms with E-state index >= 15 is 0 Å². The molecule has 3 saturated heterocycles. The second-order valence-electron chi connectivity index (χ2n) is 5.93. The van der Waals surface area contributed by atoms with Crippen LogP contribution in [0.1, 0.15) is 27.7 Å². The highest BCUT2D eigenvalue weighted by Crippen LogP contribution is 2.43. The first-order valence-electron chi connectivity index (χ1n) is 6.28. The average Bonchev–Trinajstić information content (AvgIpc) is 2.81. The first-order chi connectivity index (χ1) is 8.27. The first kappa shape index (κ1) is 13.1. The van der Waals surface area contributed by atoms with E-state index in [2.05, 4.69) is 0 Å². The zero-order valence-corrected chi connectivity index (χ0v) is 11.9. The molecule has 0 aromatic carbocycles. The van der Waals surface area contributed by atoms with Crippen molar-refractivity contribution in [3.8, 4) is 0 Å². The third-order valence-electron chi connectivity index (χ3n) is 3.45. The Bertz CT molecular complexity index is 345. The average molecular weight is 276 g/mol. The van der Waals surface area contributed by atoms with Gasteiger partial charge in [0, 0.05) is 5.75 Å². The van der Waals surface area contributed by atoms with E-state index in [4.69, 9.17) is 18.9 Å². The van der Waals surface area contributed by atoms with Crippen LogP contribution in [-0.2, 0) is 18.9 Å². The maximum Gasteiger partial charge on any atom is 0.190 e. The zero-order chi connectivity index (χ0) is 13.1. The van der Waals surface area contributed by atoms with Crippen LogP contribution in [-0.4, -0.2) is 52.3 Å². The number of fused-ring (bicyclic) bond motifs is 1. The lowest BCUT2D eigenvalue weighted by atomic mass is 10.1. The lowest BCUT2D eigenvalue weighted by molar-refractivity contribution is -0.229. The summed E-state index contributed by atoms with van der Waals surface area (Å²) in [5, 5.41) is 10.3. The van der Waals surface area contributed by atoms with Crippen molar-refractivity contribution in [2.75, 3.05) is 5.75 Å². The largest absolute Gasteiger partial charge is 0.387 e. The molecule has 0 aromatic rings. The van der Waals surface area contributed by atoms with Crippen LogP contribution in [0.3, 0.4) is 0 Å². The first-order valence-corrected chi connectivity index (χ1v) is 7.27. The predicted octanol–water partition coefficient (Wildman–Crippen LogP) is 1.09. The van der Waals surface area contributed by atoms with Gasteiger partial charge in [0.05, 0.1) is 6.10 Å². The minimum atomic E-state index is -0.698. The van der Waals surface area contributed by atoms with Gasteiger partial charge in [0.15, 0.2) is 12.1 Å². The van der Waals surface area contributed by atoms with Crippen LogP contribution in [0, 0.1) is 0 Å². The minimum absolute atomic E-state index is 0.110. The summed E-state index contributed by atoms with van der Waals surface area (Å²) in [5.74, 6) is 0.128. The lowest BCUT2D eigenvalue weighted by Gasteiger charge is -2.27. The van der Waals surface area contributed by atoms with Gasteiger partial charge in [-0.3, -0.25) is 0 Å². The molecule has 0 saturated carbocycles. The van der Waals surface area contributed by atoms with E-state index in [1.54, 1.807) is 11.8 Å². The molecule has 0 bridgehead atoms. The molecule has 3 aliphatic heterocycles. The molecule has 0 unspecified atom stereocenters. The third-order valence-corrected chi connectivity index (χ3v) is 4.74. The monoisotopic (exact) mass is 276 g/mol. The molecule has 3 rings (SSSR count). The Hall–Kier alpha value is 0.150. The van der Waals surface area contributed by atoms with Crippen LogP contribution < -0.4 is 0 Å². The zero-order valence-electron chi connectivity index (χ0n) is 11.1. The van der Waals surface area contributed by atoms with Crippen molar-refractivity contribution in [3.63, 3.8) is 0 Å². The summed E-state index contributed by atoms with van der Waals surface area (Å²) >= 11 is 1.73. The molecular formula is C12H20O5S. The number of aliphatic hydroxyl groups excluding tert-OH is 1. The van der Waals surface area contributed by atoms with Gasteiger partial charge < -0.3 is 24.1 Å². The number of ether oxygens (including phenoxy) is 4. The Morgan fingerprint density at radius 1 is 1.06 bits per heavy atom. The smallest absolute Gasteiger partial charge is 0.190 e. The van der Waals surface area contributed by atoms with Crippen molar-refractivity contribution >= 4 is 11.8 Å². The Morgan fingerprint density at radius 2 is 1.78 bits per heavy atom. The Morgan fingerprint density at radius 3 is 2.33 bits per heavy atom. The van der Waals surface area contributed by atoms with Crippen LogP contribution in [0.25, 0.3) is 0 Å². The third kappa shape index (κ3) is 2.19. The normalized spacial score (nSPS) is 49.5. The van der Waals surface area contributed by atoms with Gasteiger partial charge in [-0.05, 0) is 27.7 Å². The molecule has 3 fully saturated rings. The molecule has 5 nitrogen and oxygen atoms in total. The van der Waals surface area contributed by atoms with E-state index in [9.17, 15) is 5.11 Å². The van der Waals surface area contributed by atoms with E-state index in [1.807, 2.05) is 27.7 Å². The van der Waals surface area contributed by atoms with Crippen LogP contribution in [0.15, 0.2) is 0 Å². The fourth-order valence-corrected chi connectivity index (χ4v) is 3.72. The van der Waals surface area contributed by atoms with E-state index in [1.165, 1.54) is 0 Å². The molecule has 0 aromatic heterocycles. The van der Waals surface area contributed by atoms with Gasteiger partial charge in [-0.15, -0.1) is 11.8 Å². The minimum Gasteiger partial charge on any atom is -0.387 e. The fraction of sp³-hybridized carbons (Fsp3) is 1.00. The molecule has 1 N–H and O–H groups in total. The van der Waals surface area contributed by atoms with Crippen molar-refractivity contribution in [3.05, 3.63) is 0 Å². The van der Waals surface area contributed by atoms with Crippen molar-refractivity contribution in [1.29, 1.82) is 0 Å². The van der Waals surface area contributed by atoms with Crippen molar-refractivity contribution in [1.82, 2.24) is 0 Å². The summed E-state index contributed by atoms with van der Waals surface area (Å²) in [6, 6.07) is 0. The number of rotatable bonds is 1. The van der Waals surface area contributed by atoms with Crippen molar-refractivity contribution in [2.24, 2.45) is 0 Å². The van der Waals surface area contributed by atoms with E-state index in [0.717, 1.165) is 5.75 Å². The SMILES string of the molecule is CC1(C)O[C@H]2O[C@H]([C@H]3CSC(C)(C)O3)[C@H](O)[C@H]2O1. The molecule has 3 heterocycles. The molecule has 0 amide bonds. The maximum atomic E-state index is 10.3. The lowest BCUT2D eigenvalue weighted by Crippen LogP contribution is -2.42. The summed E-state index contributed by atoms with van der Waals surface area (Å²) in [4.78, 5) is -0.216. The summed E-state index contributed by atoms with van der Waals surface area (Å²) in [7, 11) is 0. The van der Waals surface area contributed by atoms with Gasteiger partial charge in [0.25, 0.3) is 0 Å². The van der Waals surface area contributed by atoms with Gasteiger partial charge in [0.2, 0.25) is 0 Å². The fourth-order valence-electron chi connectivity index (χ4n) is 2.70. The van der Waals surface area contributed by atoms with Crippen LogP contribution in [0.5, 0.6) is 0 Å². The number of hydrogen-bond acceptors (Lipinski definition) is 6. The molecule has 18 heavy (non-hydrogen) atoms. The topological polar surface area (TPSA) is 57.2 Å². The molecule has 0 radical (unpaired) electrons. The molecule has 0 aliphatic carbocycles. The second kappa shape index (κ2) is 4.07. The molecule has 6 heteroatoms. The van der Waals surface area contributed by atoms with Gasteiger partial charge in [-0.25, -0.2) is 0 Å². The Kier molecular flexibility index (Phi) is 2.97. The molecule has 3 aliphatic rings. The van der Waals surface area contributed by atoms with Gasteiger partial charge in [-0.2, -0.15) is 0 Å². The number of thioether (sulfide) groups is 1. The summed E-state index contributed by atoms with van der Waals surface area (Å²) in [6.07, 6.45) is -2.08. The number of hydrogen-bond donors (Lipinski definition) is 1. The highest BCUT2D eigenvalue weighted by molar-refractivity contribution is 8.00. The van der Waals surface area contributed by atoms with E-state index in [0.29, 0.717) is 0 Å². The van der Waals surface area contributed by atoms with Crippen LogP contribution in [0.4, 0.5) is 0 Å². The molecule has 104 valence electrons. The van der Waals surface area contributed by atoms with Crippen LogP contribution >= 0.6 is 11.8 Å². The van der Waals surface area contributed by atoms with Crippen molar-refractivity contribution < 1.29 is 24.1 Å². The highest BCUT2D eigenvalue weighted by Gasteiger charge is 2.57. The van der Waals surface area contributed by atoms with Crippen molar-refractivity contribution in [2.45, 2.75) is 69.1 Å². The summed E-state index contributed by atoms with van der Waals surface area (Å²) < 4.78 is 22.9. The van der Waals surface area contributed by atoms with Gasteiger partial charge in [-0.1, -0.05) is 0 Å². The standard InChI is InChI=1S/C12H20O5S/c1-11(2)16-9-7(13)8(14-10(9)17-11)6-5-18-12(3,4)15-6/h6-10,13H,5H2,1-4H3/t6-,7+,8-,9-,10-/m1/s1. The van der Waals surface area contributed by atoms with Gasteiger partial charge >= 0.3 is 0 Å². The Labute approximate surface area is 111 Å². The van der Waals surface area contributed by atoms with E-state index < -0.39 is 24.3 Å². The second-order valence-corrected chi connectivity index (χ2v) is 7.53. The molecule has 5 atom stereocenters. The summed E-state index contributed by atoms with van der Waals surface area (Å²) in [6.45, 7) is 7.69. The van der Waals surface area contributed by atoms with Gasteiger partial charge in [0.1, 0.15) is 23.2 Å². The van der Waals surface area contributed by atoms with E-state index in [-0.39, 0.29) is 17.1 Å². The maximum absolute atomic E-state index is 10.3. The quantitative estimate of drug-likeness (QED) is 0.774. The molecular weight excluding hydrogens is 256 g/mol. The number of aliphatic hydroxyl groups is 1. The molecule has 0 spiro atoms. The predicted molar refractivity (Wildman–Crippen MR) is 66.1 cm³/mol. The highest BCUT2D eigenvalue weighted by atomic mass is 32.2.